The molecule has 42 valence electrons. The first-order valence-corrected chi connectivity index (χ1v) is 2.81. The van der Waals surface area contributed by atoms with Gasteiger partial charge in [0.05, 0.1) is 0 Å². The van der Waals surface area contributed by atoms with Crippen LogP contribution < -0.4 is 0 Å². The maximum Gasteiger partial charge on any atom is 0.134 e. The molecule has 1 atom stereocenters. The molecular formula is C7H8O. The monoisotopic (exact) mass is 108 g/mol. The van der Waals surface area contributed by atoms with Gasteiger partial charge in [0.1, 0.15) is 5.78 Å². The van der Waals surface area contributed by atoms with E-state index in [1.807, 2.05) is 0 Å². The zero-order valence-electron chi connectivity index (χ0n) is 4.68. The van der Waals surface area contributed by atoms with Gasteiger partial charge in [0.25, 0.3) is 0 Å². The highest BCUT2D eigenvalue weighted by molar-refractivity contribution is 5.81. The van der Waals surface area contributed by atoms with Gasteiger partial charge in [-0.3, -0.25) is 4.79 Å². The zero-order chi connectivity index (χ0) is 5.98. The van der Waals surface area contributed by atoms with Gasteiger partial charge >= 0.3 is 0 Å². The number of hydrogen-bond donors (Lipinski definition) is 0. The molecule has 1 rings (SSSR count). The van der Waals surface area contributed by atoms with Crippen LogP contribution in [0.25, 0.3) is 0 Å². The lowest BCUT2D eigenvalue weighted by atomic mass is 10.1. The number of ketones is 1. The highest BCUT2D eigenvalue weighted by Crippen LogP contribution is 2.19. The summed E-state index contributed by atoms with van der Waals surface area (Å²) < 4.78 is 0. The second-order valence-corrected chi connectivity index (χ2v) is 2.15. The molecule has 1 heteroatoms. The molecule has 0 radical (unpaired) electrons. The van der Waals surface area contributed by atoms with Gasteiger partial charge in [0, 0.05) is 18.8 Å². The summed E-state index contributed by atoms with van der Waals surface area (Å²) in [6, 6.07) is 0. The van der Waals surface area contributed by atoms with Gasteiger partial charge in [-0.1, -0.05) is 0 Å². The Labute approximate surface area is 49.1 Å². The van der Waals surface area contributed by atoms with Gasteiger partial charge in [-0.05, 0) is 6.42 Å². The SMILES string of the molecule is C#C[C@@H]1CCC(=O)C1. The van der Waals surface area contributed by atoms with Crippen molar-refractivity contribution in [1.29, 1.82) is 0 Å². The minimum absolute atomic E-state index is 0.252. The minimum Gasteiger partial charge on any atom is -0.300 e. The highest BCUT2D eigenvalue weighted by atomic mass is 16.1. The van der Waals surface area contributed by atoms with Crippen molar-refractivity contribution >= 4 is 5.78 Å². The normalized spacial score (nSPS) is 27.9. The van der Waals surface area contributed by atoms with Gasteiger partial charge in [-0.2, -0.15) is 0 Å². The molecule has 0 bridgehead atoms. The minimum atomic E-state index is 0.252. The summed E-state index contributed by atoms with van der Waals surface area (Å²) in [4.78, 5) is 10.5. The predicted molar refractivity (Wildman–Crippen MR) is 31.2 cm³/mol. The lowest BCUT2D eigenvalue weighted by Crippen LogP contribution is -1.89. The predicted octanol–water partition coefficient (Wildman–Crippen LogP) is 0.989. The van der Waals surface area contributed by atoms with Crippen LogP contribution in [-0.2, 0) is 4.79 Å². The smallest absolute Gasteiger partial charge is 0.134 e. The summed E-state index contributed by atoms with van der Waals surface area (Å²) in [7, 11) is 0. The topological polar surface area (TPSA) is 17.1 Å². The molecule has 1 nitrogen and oxygen atoms in total. The van der Waals surface area contributed by atoms with E-state index in [-0.39, 0.29) is 5.92 Å². The van der Waals surface area contributed by atoms with E-state index in [2.05, 4.69) is 5.92 Å². The molecule has 1 fully saturated rings. The largest absolute Gasteiger partial charge is 0.300 e. The van der Waals surface area contributed by atoms with Crippen LogP contribution in [0.4, 0.5) is 0 Å². The van der Waals surface area contributed by atoms with E-state index in [9.17, 15) is 4.79 Å². The summed E-state index contributed by atoms with van der Waals surface area (Å²) in [6.45, 7) is 0. The number of Topliss-reactive ketones (excluding diaryl/α,β-unsaturated/α-hetero) is 1. The van der Waals surface area contributed by atoms with Crippen LogP contribution in [0.2, 0.25) is 0 Å². The molecule has 1 aliphatic rings. The van der Waals surface area contributed by atoms with E-state index in [0.717, 1.165) is 6.42 Å². The molecule has 1 saturated carbocycles. The summed E-state index contributed by atoms with van der Waals surface area (Å²) in [5, 5.41) is 0. The first-order chi connectivity index (χ1) is 3.83. The van der Waals surface area contributed by atoms with Crippen molar-refractivity contribution in [2.24, 2.45) is 5.92 Å². The van der Waals surface area contributed by atoms with Gasteiger partial charge < -0.3 is 0 Å². The Morgan fingerprint density at radius 2 is 2.50 bits per heavy atom. The van der Waals surface area contributed by atoms with E-state index in [1.165, 1.54) is 0 Å². The summed E-state index contributed by atoms with van der Waals surface area (Å²) in [5.74, 6) is 3.15. The van der Waals surface area contributed by atoms with Crippen molar-refractivity contribution in [3.05, 3.63) is 0 Å². The average Bonchev–Trinajstić information content (AvgIpc) is 2.14. The van der Waals surface area contributed by atoms with Crippen LogP contribution in [0.5, 0.6) is 0 Å². The molecule has 0 N–H and O–H groups in total. The fourth-order valence-corrected chi connectivity index (χ4v) is 0.956. The summed E-state index contributed by atoms with van der Waals surface area (Å²) in [6.07, 6.45) is 7.33. The Kier molecular flexibility index (Phi) is 1.34. The third-order valence-corrected chi connectivity index (χ3v) is 1.48. The van der Waals surface area contributed by atoms with E-state index >= 15 is 0 Å². The van der Waals surface area contributed by atoms with Gasteiger partial charge in [0.15, 0.2) is 0 Å². The van der Waals surface area contributed by atoms with E-state index in [4.69, 9.17) is 6.42 Å². The zero-order valence-corrected chi connectivity index (χ0v) is 4.68. The molecule has 8 heavy (non-hydrogen) atoms. The molecule has 0 unspecified atom stereocenters. The van der Waals surface area contributed by atoms with Gasteiger partial charge in [0.2, 0.25) is 0 Å². The summed E-state index contributed by atoms with van der Waals surface area (Å²) in [5.41, 5.74) is 0. The first kappa shape index (κ1) is 5.37. The maximum absolute atomic E-state index is 10.5. The Morgan fingerprint density at radius 3 is 2.75 bits per heavy atom. The van der Waals surface area contributed by atoms with Crippen molar-refractivity contribution in [3.8, 4) is 12.3 Å². The van der Waals surface area contributed by atoms with E-state index < -0.39 is 0 Å². The molecule has 0 saturated heterocycles. The Morgan fingerprint density at radius 1 is 1.75 bits per heavy atom. The van der Waals surface area contributed by atoms with Crippen LogP contribution in [0.15, 0.2) is 0 Å². The highest BCUT2D eigenvalue weighted by Gasteiger charge is 2.18. The molecular weight excluding hydrogens is 100 g/mol. The van der Waals surface area contributed by atoms with Crippen molar-refractivity contribution in [2.75, 3.05) is 0 Å². The van der Waals surface area contributed by atoms with E-state index in [0.29, 0.717) is 18.6 Å². The van der Waals surface area contributed by atoms with Crippen LogP contribution in [0, 0.1) is 18.3 Å². The van der Waals surface area contributed by atoms with Crippen LogP contribution in [-0.4, -0.2) is 5.78 Å². The number of rotatable bonds is 0. The van der Waals surface area contributed by atoms with Crippen LogP contribution >= 0.6 is 0 Å². The third kappa shape index (κ3) is 0.894. The second kappa shape index (κ2) is 2.00. The number of carbonyl (C=O) groups excluding carboxylic acids is 1. The Hall–Kier alpha value is -0.770. The molecule has 0 spiro atoms. The standard InChI is InChI=1S/C7H8O/c1-2-6-3-4-7(8)5-6/h1,6H,3-5H2/t6-/m1/s1. The number of carbonyl (C=O) groups is 1. The molecule has 0 aromatic carbocycles. The summed E-state index contributed by atoms with van der Waals surface area (Å²) >= 11 is 0. The number of hydrogen-bond acceptors (Lipinski definition) is 1. The fourth-order valence-electron chi connectivity index (χ4n) is 0.956. The van der Waals surface area contributed by atoms with E-state index in [1.54, 1.807) is 0 Å². The Bertz CT molecular complexity index is 141. The lowest BCUT2D eigenvalue weighted by Gasteiger charge is -1.90. The third-order valence-electron chi connectivity index (χ3n) is 1.48. The van der Waals surface area contributed by atoms with Crippen LogP contribution in [0.1, 0.15) is 19.3 Å². The molecule has 0 aromatic heterocycles. The first-order valence-electron chi connectivity index (χ1n) is 2.81. The molecule has 0 heterocycles. The fraction of sp³-hybridized carbons (Fsp3) is 0.571. The van der Waals surface area contributed by atoms with Gasteiger partial charge in [-0.15, -0.1) is 12.3 Å². The van der Waals surface area contributed by atoms with Crippen molar-refractivity contribution in [1.82, 2.24) is 0 Å². The van der Waals surface area contributed by atoms with Crippen molar-refractivity contribution in [2.45, 2.75) is 19.3 Å². The van der Waals surface area contributed by atoms with Crippen LogP contribution in [0.3, 0.4) is 0 Å². The van der Waals surface area contributed by atoms with Crippen molar-refractivity contribution in [3.63, 3.8) is 0 Å². The number of terminal acetylenes is 1. The molecule has 0 aliphatic heterocycles. The van der Waals surface area contributed by atoms with Crippen molar-refractivity contribution < 1.29 is 4.79 Å². The lowest BCUT2D eigenvalue weighted by molar-refractivity contribution is -0.117. The molecule has 0 amide bonds. The average molecular weight is 108 g/mol. The Balaban J connectivity index is 2.47. The second-order valence-electron chi connectivity index (χ2n) is 2.15. The molecule has 1 aliphatic carbocycles. The maximum atomic E-state index is 10.5. The molecule has 0 aromatic rings. The van der Waals surface area contributed by atoms with Gasteiger partial charge in [-0.25, -0.2) is 0 Å². The quantitative estimate of drug-likeness (QED) is 0.423.